The number of nitrogens with one attached hydrogen (secondary N) is 1. The largest absolute Gasteiger partial charge is 0.444 e. The summed E-state index contributed by atoms with van der Waals surface area (Å²) in [4.78, 5) is 30.7. The monoisotopic (exact) mass is 557 g/mol. The normalized spacial score (nSPS) is 19.3. The lowest BCUT2D eigenvalue weighted by Crippen LogP contribution is -2.56. The van der Waals surface area contributed by atoms with Gasteiger partial charge in [0.1, 0.15) is 5.60 Å². The Morgan fingerprint density at radius 1 is 1.02 bits per heavy atom. The summed E-state index contributed by atoms with van der Waals surface area (Å²) in [5.74, 6) is -0.0895. The highest BCUT2D eigenvalue weighted by molar-refractivity contribution is 5.97. The van der Waals surface area contributed by atoms with E-state index in [0.717, 1.165) is 53.9 Å². The van der Waals surface area contributed by atoms with Gasteiger partial charge in [-0.15, -0.1) is 0 Å². The molecule has 2 bridgehead atoms. The molecule has 8 heteroatoms. The molecule has 3 atom stereocenters. The van der Waals surface area contributed by atoms with Gasteiger partial charge in [-0.2, -0.15) is 5.10 Å². The van der Waals surface area contributed by atoms with E-state index in [1.165, 1.54) is 11.1 Å². The molecule has 2 saturated heterocycles. The molecule has 2 aliphatic heterocycles. The minimum absolute atomic E-state index is 0.0895. The highest BCUT2D eigenvalue weighted by Gasteiger charge is 2.44. The molecule has 2 aromatic carbocycles. The fourth-order valence-corrected chi connectivity index (χ4v) is 6.13. The van der Waals surface area contributed by atoms with Gasteiger partial charge in [0.05, 0.1) is 24.3 Å². The number of hydrogen-bond donors (Lipinski definition) is 1. The first-order valence-electron chi connectivity index (χ1n) is 14.6. The minimum atomic E-state index is -0.512. The summed E-state index contributed by atoms with van der Waals surface area (Å²) in [5, 5.41) is 7.58. The molecule has 0 unspecified atom stereocenters. The Kier molecular flexibility index (Phi) is 7.62. The van der Waals surface area contributed by atoms with Gasteiger partial charge in [0.2, 0.25) is 0 Å². The summed E-state index contributed by atoms with van der Waals surface area (Å²) in [7, 11) is 1.92. The van der Waals surface area contributed by atoms with Crippen LogP contribution in [0, 0.1) is 20.8 Å². The van der Waals surface area contributed by atoms with E-state index < -0.39 is 5.60 Å². The van der Waals surface area contributed by atoms with Crippen LogP contribution in [0.2, 0.25) is 0 Å². The Labute approximate surface area is 243 Å². The van der Waals surface area contributed by atoms with Crippen molar-refractivity contribution in [1.29, 1.82) is 0 Å². The Morgan fingerprint density at radius 3 is 2.32 bits per heavy atom. The van der Waals surface area contributed by atoms with E-state index in [-0.39, 0.29) is 30.1 Å². The number of nitrogens with zero attached hydrogens (tertiary/aromatic N) is 4. The van der Waals surface area contributed by atoms with Crippen LogP contribution in [0.3, 0.4) is 0 Å². The topological polar surface area (TPSA) is 79.7 Å². The van der Waals surface area contributed by atoms with Crippen molar-refractivity contribution in [3.63, 3.8) is 0 Å². The van der Waals surface area contributed by atoms with Crippen LogP contribution in [0.5, 0.6) is 0 Å². The number of amides is 2. The van der Waals surface area contributed by atoms with Gasteiger partial charge in [-0.3, -0.25) is 14.4 Å². The summed E-state index contributed by atoms with van der Waals surface area (Å²) in [6, 6.07) is 10.5. The molecular weight excluding hydrogens is 514 g/mol. The molecule has 2 amide bonds. The molecule has 5 rings (SSSR count). The number of ether oxygens (including phenoxy) is 1. The number of carbonyl (C=O) groups is 2. The van der Waals surface area contributed by atoms with Gasteiger partial charge >= 0.3 is 6.09 Å². The van der Waals surface area contributed by atoms with Gasteiger partial charge in [0.25, 0.3) is 5.91 Å². The van der Waals surface area contributed by atoms with Crippen molar-refractivity contribution in [1.82, 2.24) is 20.0 Å². The molecule has 2 fully saturated rings. The molecule has 3 aromatic rings. The summed E-state index contributed by atoms with van der Waals surface area (Å²) in [6.45, 7) is 15.4. The zero-order valence-electron chi connectivity index (χ0n) is 25.6. The number of anilines is 1. The van der Waals surface area contributed by atoms with E-state index >= 15 is 0 Å². The Bertz CT molecular complexity index is 1460. The van der Waals surface area contributed by atoms with Crippen molar-refractivity contribution in [3.8, 4) is 11.1 Å². The second kappa shape index (κ2) is 10.9. The summed E-state index contributed by atoms with van der Waals surface area (Å²) < 4.78 is 7.50. The van der Waals surface area contributed by atoms with E-state index in [4.69, 9.17) is 4.74 Å². The summed E-state index contributed by atoms with van der Waals surface area (Å²) >= 11 is 0. The van der Waals surface area contributed by atoms with Gasteiger partial charge in [-0.05, 0) is 107 Å². The van der Waals surface area contributed by atoms with Gasteiger partial charge in [0.15, 0.2) is 0 Å². The van der Waals surface area contributed by atoms with Crippen LogP contribution in [0.25, 0.3) is 11.1 Å². The first kappa shape index (κ1) is 28.7. The molecule has 2 aliphatic rings. The van der Waals surface area contributed by atoms with Crippen molar-refractivity contribution in [2.45, 2.75) is 85.0 Å². The predicted molar refractivity (Wildman–Crippen MR) is 162 cm³/mol. The van der Waals surface area contributed by atoms with Crippen LogP contribution in [0.1, 0.15) is 79.2 Å². The number of carbonyl (C=O) groups excluding carboxylic acids is 2. The number of rotatable bonds is 5. The van der Waals surface area contributed by atoms with Crippen LogP contribution in [0.15, 0.2) is 42.7 Å². The Hall–Kier alpha value is -3.81. The molecule has 0 saturated carbocycles. The number of fused-ring (bicyclic) bond motifs is 2. The zero-order chi connectivity index (χ0) is 29.6. The Balaban J connectivity index is 1.32. The average Bonchev–Trinajstić information content (AvgIpc) is 3.44. The molecule has 218 valence electrons. The third-order valence-corrected chi connectivity index (χ3v) is 8.47. The van der Waals surface area contributed by atoms with E-state index in [2.05, 4.69) is 47.4 Å². The highest BCUT2D eigenvalue weighted by atomic mass is 16.6. The van der Waals surface area contributed by atoms with Crippen LogP contribution in [0.4, 0.5) is 10.5 Å². The molecule has 8 nitrogen and oxygen atoms in total. The average molecular weight is 558 g/mol. The highest BCUT2D eigenvalue weighted by Crippen LogP contribution is 2.35. The van der Waals surface area contributed by atoms with E-state index in [1.54, 1.807) is 4.68 Å². The maximum Gasteiger partial charge on any atom is 0.410 e. The van der Waals surface area contributed by atoms with E-state index in [1.807, 2.05) is 71.1 Å². The van der Waals surface area contributed by atoms with Crippen molar-refractivity contribution >= 4 is 17.7 Å². The zero-order valence-corrected chi connectivity index (χ0v) is 25.6. The first-order chi connectivity index (χ1) is 19.3. The second-order valence-electron chi connectivity index (χ2n) is 12.8. The smallest absolute Gasteiger partial charge is 0.410 e. The van der Waals surface area contributed by atoms with Crippen LogP contribution < -0.4 is 10.2 Å². The molecule has 41 heavy (non-hydrogen) atoms. The maximum absolute atomic E-state index is 13.6. The molecular formula is C33H43N5O3. The lowest BCUT2D eigenvalue weighted by Gasteiger charge is -2.42. The third kappa shape index (κ3) is 5.97. The van der Waals surface area contributed by atoms with E-state index in [0.29, 0.717) is 5.56 Å². The quantitative estimate of drug-likeness (QED) is 0.411. The fourth-order valence-electron chi connectivity index (χ4n) is 6.13. The number of aryl methyl sites for hydroxylation is 3. The van der Waals surface area contributed by atoms with Crippen molar-refractivity contribution < 1.29 is 14.3 Å². The molecule has 1 aromatic heterocycles. The molecule has 0 aliphatic carbocycles. The summed E-state index contributed by atoms with van der Waals surface area (Å²) in [6.07, 6.45) is 5.61. The van der Waals surface area contributed by atoms with E-state index in [9.17, 15) is 9.59 Å². The van der Waals surface area contributed by atoms with Crippen molar-refractivity contribution in [3.05, 3.63) is 70.5 Å². The maximum atomic E-state index is 13.6. The lowest BCUT2D eigenvalue weighted by atomic mass is 9.93. The van der Waals surface area contributed by atoms with Gasteiger partial charge < -0.3 is 15.0 Å². The predicted octanol–water partition coefficient (Wildman–Crippen LogP) is 6.09. The molecule has 1 N–H and O–H groups in total. The molecule has 0 radical (unpaired) electrons. The van der Waals surface area contributed by atoms with Crippen LogP contribution >= 0.6 is 0 Å². The van der Waals surface area contributed by atoms with Crippen LogP contribution in [-0.4, -0.2) is 57.5 Å². The third-order valence-electron chi connectivity index (χ3n) is 8.47. The number of hydrogen-bond acceptors (Lipinski definition) is 5. The number of benzene rings is 2. The van der Waals surface area contributed by atoms with Crippen molar-refractivity contribution in [2.75, 3.05) is 18.0 Å². The van der Waals surface area contributed by atoms with Gasteiger partial charge in [-0.25, -0.2) is 4.79 Å². The van der Waals surface area contributed by atoms with Gasteiger partial charge in [-0.1, -0.05) is 12.1 Å². The van der Waals surface area contributed by atoms with Crippen molar-refractivity contribution in [2.24, 2.45) is 7.05 Å². The molecule has 0 spiro atoms. The number of piperazine rings is 1. The SMILES string of the molecule is Cc1ccc(N2C[C@H]3CC[C@@H](C2)N3C(=O)OC(C)(C)C)cc1C(=O)N[C@H](C)c1cc(C)c(C)c(-c2cnn(C)c2)c1. The van der Waals surface area contributed by atoms with Crippen LogP contribution in [-0.2, 0) is 11.8 Å². The Morgan fingerprint density at radius 2 is 1.71 bits per heavy atom. The fraction of sp³-hybridized carbons (Fsp3) is 0.485. The second-order valence-corrected chi connectivity index (χ2v) is 12.8. The van der Waals surface area contributed by atoms with Gasteiger partial charge in [0, 0.05) is 43.1 Å². The first-order valence-corrected chi connectivity index (χ1v) is 14.6. The standard InChI is InChI=1S/C33H43N5O3/c1-20-9-10-26(37-18-27-11-12-28(19-37)38(27)32(40)41-33(5,6)7)15-29(20)31(39)35-23(4)24-13-21(2)22(3)30(14-24)25-16-34-36(8)17-25/h9-10,13-17,23,27-28H,11-12,18-19H2,1-8H3,(H,35,39)/t23-,27-,28+/m1/s1. The minimum Gasteiger partial charge on any atom is -0.444 e. The lowest BCUT2D eigenvalue weighted by molar-refractivity contribution is 0.0123. The summed E-state index contributed by atoms with van der Waals surface area (Å²) in [5.41, 5.74) is 7.76. The molecule has 3 heterocycles. The number of aromatic nitrogens is 2.